The van der Waals surface area contributed by atoms with Crippen molar-refractivity contribution < 1.29 is 10.3 Å². The quantitative estimate of drug-likeness (QED) is 0.360. The van der Waals surface area contributed by atoms with Crippen molar-refractivity contribution in [3.63, 3.8) is 0 Å². The summed E-state index contributed by atoms with van der Waals surface area (Å²) >= 11 is 0. The zero-order chi connectivity index (χ0) is 4.99. The van der Waals surface area contributed by atoms with Crippen molar-refractivity contribution in [2.45, 2.75) is 6.92 Å². The molecule has 0 aromatic heterocycles. The molecule has 0 fully saturated rings. The third-order valence-electron chi connectivity index (χ3n) is 0.528. The summed E-state index contributed by atoms with van der Waals surface area (Å²) in [6.07, 6.45) is 0. The SMILES string of the molecule is CCN(O)CO. The summed E-state index contributed by atoms with van der Waals surface area (Å²) < 4.78 is 0. The number of hydrogen-bond donors (Lipinski definition) is 2. The molecule has 0 aromatic rings. The fourth-order valence-electron chi connectivity index (χ4n) is 0.1000. The van der Waals surface area contributed by atoms with Crippen LogP contribution in [-0.2, 0) is 0 Å². The summed E-state index contributed by atoms with van der Waals surface area (Å²) in [4.78, 5) is 0. The highest BCUT2D eigenvalue weighted by Gasteiger charge is 1.85. The normalized spacial score (nSPS) is 10.0. The molecule has 0 aliphatic heterocycles. The summed E-state index contributed by atoms with van der Waals surface area (Å²) in [5.41, 5.74) is 0. The Balaban J connectivity index is 2.75. The van der Waals surface area contributed by atoms with Crippen LogP contribution in [0.5, 0.6) is 0 Å². The molecule has 0 atom stereocenters. The van der Waals surface area contributed by atoms with Gasteiger partial charge in [0.25, 0.3) is 0 Å². The lowest BCUT2D eigenvalue weighted by atomic mass is 10.8. The van der Waals surface area contributed by atoms with Gasteiger partial charge in [0.1, 0.15) is 6.73 Å². The Labute approximate surface area is 36.8 Å². The first-order valence-electron chi connectivity index (χ1n) is 1.86. The van der Waals surface area contributed by atoms with Gasteiger partial charge in [0, 0.05) is 6.54 Å². The average molecular weight is 91.1 g/mol. The van der Waals surface area contributed by atoms with E-state index < -0.39 is 0 Å². The van der Waals surface area contributed by atoms with Gasteiger partial charge in [0.05, 0.1) is 0 Å². The molecule has 0 spiro atoms. The lowest BCUT2D eigenvalue weighted by Gasteiger charge is -2.03. The Kier molecular flexibility index (Phi) is 3.02. The van der Waals surface area contributed by atoms with Crippen LogP contribution in [0.3, 0.4) is 0 Å². The van der Waals surface area contributed by atoms with E-state index in [1.54, 1.807) is 6.92 Å². The van der Waals surface area contributed by atoms with Crippen molar-refractivity contribution in [3.8, 4) is 0 Å². The first kappa shape index (κ1) is 5.88. The van der Waals surface area contributed by atoms with Crippen LogP contribution in [0.1, 0.15) is 6.92 Å². The molecule has 0 saturated heterocycles. The third kappa shape index (κ3) is 2.14. The molecule has 0 aromatic carbocycles. The molecule has 0 aliphatic carbocycles. The van der Waals surface area contributed by atoms with Crippen LogP contribution < -0.4 is 0 Å². The molecule has 3 nitrogen and oxygen atoms in total. The second-order valence-electron chi connectivity index (χ2n) is 0.964. The molecule has 0 radical (unpaired) electrons. The Morgan fingerprint density at radius 1 is 1.67 bits per heavy atom. The molecule has 0 heterocycles. The lowest BCUT2D eigenvalue weighted by molar-refractivity contribution is -0.138. The summed E-state index contributed by atoms with van der Waals surface area (Å²) in [6.45, 7) is 1.93. The van der Waals surface area contributed by atoms with Gasteiger partial charge in [-0.25, -0.2) is 0 Å². The Morgan fingerprint density at radius 2 is 2.17 bits per heavy atom. The molecular weight excluding hydrogens is 82.0 g/mol. The molecule has 0 unspecified atom stereocenters. The van der Waals surface area contributed by atoms with Crippen LogP contribution in [0.15, 0.2) is 0 Å². The van der Waals surface area contributed by atoms with Gasteiger partial charge in [-0.3, -0.25) is 0 Å². The fraction of sp³-hybridized carbons (Fsp3) is 1.00. The highest BCUT2D eigenvalue weighted by atomic mass is 16.5. The van der Waals surface area contributed by atoms with Gasteiger partial charge in [0.2, 0.25) is 0 Å². The molecule has 3 heteroatoms. The number of hydroxylamine groups is 2. The van der Waals surface area contributed by atoms with Crippen molar-refractivity contribution in [1.29, 1.82) is 0 Å². The Morgan fingerprint density at radius 3 is 2.17 bits per heavy atom. The molecule has 0 saturated carbocycles. The Hall–Kier alpha value is -0.120. The van der Waals surface area contributed by atoms with Gasteiger partial charge in [-0.1, -0.05) is 0 Å². The molecule has 0 aliphatic rings. The van der Waals surface area contributed by atoms with Crippen LogP contribution in [0.4, 0.5) is 0 Å². The summed E-state index contributed by atoms with van der Waals surface area (Å²) in [5, 5.41) is 17.1. The van der Waals surface area contributed by atoms with E-state index >= 15 is 0 Å². The number of rotatable bonds is 2. The zero-order valence-corrected chi connectivity index (χ0v) is 3.76. The van der Waals surface area contributed by atoms with E-state index in [0.29, 0.717) is 6.54 Å². The highest BCUT2D eigenvalue weighted by Crippen LogP contribution is 1.70. The summed E-state index contributed by atoms with van der Waals surface area (Å²) in [7, 11) is 0. The fourth-order valence-corrected chi connectivity index (χ4v) is 0.1000. The van der Waals surface area contributed by atoms with Crippen molar-refractivity contribution in [2.75, 3.05) is 13.3 Å². The third-order valence-corrected chi connectivity index (χ3v) is 0.528. The van der Waals surface area contributed by atoms with E-state index in [1.165, 1.54) is 0 Å². The zero-order valence-electron chi connectivity index (χ0n) is 3.76. The van der Waals surface area contributed by atoms with Gasteiger partial charge in [-0.2, -0.15) is 5.06 Å². The van der Waals surface area contributed by atoms with Crippen molar-refractivity contribution in [1.82, 2.24) is 5.06 Å². The molecule has 38 valence electrons. The first-order valence-corrected chi connectivity index (χ1v) is 1.86. The van der Waals surface area contributed by atoms with Crippen LogP contribution in [-0.4, -0.2) is 28.7 Å². The molecule has 2 N–H and O–H groups in total. The molecule has 6 heavy (non-hydrogen) atoms. The second kappa shape index (κ2) is 3.08. The molecular formula is C3H9NO2. The van der Waals surface area contributed by atoms with Crippen LogP contribution in [0, 0.1) is 0 Å². The maximum Gasteiger partial charge on any atom is 0.118 e. The first-order chi connectivity index (χ1) is 2.81. The Bertz CT molecular complexity index is 28.0. The maximum atomic E-state index is 8.25. The largest absolute Gasteiger partial charge is 0.379 e. The lowest BCUT2D eigenvalue weighted by Crippen LogP contribution is -2.18. The van der Waals surface area contributed by atoms with E-state index in [0.717, 1.165) is 5.06 Å². The smallest absolute Gasteiger partial charge is 0.118 e. The van der Waals surface area contributed by atoms with Gasteiger partial charge >= 0.3 is 0 Å². The predicted octanol–water partition coefficient (Wildman–Crippen LogP) is -0.353. The highest BCUT2D eigenvalue weighted by molar-refractivity contribution is 4.19. The summed E-state index contributed by atoms with van der Waals surface area (Å²) in [5.74, 6) is 0. The predicted molar refractivity (Wildman–Crippen MR) is 21.3 cm³/mol. The minimum absolute atomic E-state index is 0.281. The molecule has 0 rings (SSSR count). The van der Waals surface area contributed by atoms with Gasteiger partial charge < -0.3 is 10.3 Å². The van der Waals surface area contributed by atoms with Crippen molar-refractivity contribution >= 4 is 0 Å². The average Bonchev–Trinajstić information content (AvgIpc) is 1.65. The van der Waals surface area contributed by atoms with Crippen molar-refractivity contribution in [2.24, 2.45) is 0 Å². The van der Waals surface area contributed by atoms with E-state index in [1.807, 2.05) is 0 Å². The van der Waals surface area contributed by atoms with Gasteiger partial charge in [-0.15, -0.1) is 0 Å². The molecule has 0 amide bonds. The van der Waals surface area contributed by atoms with E-state index in [4.69, 9.17) is 10.3 Å². The van der Waals surface area contributed by atoms with E-state index in [-0.39, 0.29) is 6.73 Å². The van der Waals surface area contributed by atoms with E-state index in [9.17, 15) is 0 Å². The monoisotopic (exact) mass is 91.1 g/mol. The number of aliphatic hydroxyl groups is 1. The number of aliphatic hydroxyl groups excluding tert-OH is 1. The summed E-state index contributed by atoms with van der Waals surface area (Å²) in [6, 6.07) is 0. The van der Waals surface area contributed by atoms with Crippen LogP contribution in [0.2, 0.25) is 0 Å². The molecule has 0 bridgehead atoms. The number of hydrogen-bond acceptors (Lipinski definition) is 3. The second-order valence-corrected chi connectivity index (χ2v) is 0.964. The maximum absolute atomic E-state index is 8.25. The minimum Gasteiger partial charge on any atom is -0.379 e. The van der Waals surface area contributed by atoms with Crippen LogP contribution in [0.25, 0.3) is 0 Å². The van der Waals surface area contributed by atoms with Crippen LogP contribution >= 0.6 is 0 Å². The minimum atomic E-state index is -0.281. The van der Waals surface area contributed by atoms with E-state index in [2.05, 4.69) is 0 Å². The van der Waals surface area contributed by atoms with Gasteiger partial charge in [0.15, 0.2) is 0 Å². The van der Waals surface area contributed by atoms with Crippen molar-refractivity contribution in [3.05, 3.63) is 0 Å². The standard InChI is InChI=1S/C3H9NO2/c1-2-4(6)3-5/h5-6H,2-3H2,1H3. The number of nitrogens with zero attached hydrogens (tertiary/aromatic N) is 1. The van der Waals surface area contributed by atoms with Gasteiger partial charge in [-0.05, 0) is 6.92 Å². The topological polar surface area (TPSA) is 43.7 Å².